The largest absolute Gasteiger partial charge is 0.858 e. The molecule has 148 valence electrons. The van der Waals surface area contributed by atoms with Crippen LogP contribution in [0.4, 0.5) is 0 Å². The van der Waals surface area contributed by atoms with E-state index >= 15 is 0 Å². The fourth-order valence-corrected chi connectivity index (χ4v) is 3.53. The zero-order valence-electron chi connectivity index (χ0n) is 12.6. The predicted octanol–water partition coefficient (Wildman–Crippen LogP) is -0.560. The lowest BCUT2D eigenvalue weighted by Crippen LogP contribution is -2.37. The lowest BCUT2D eigenvalue weighted by Gasteiger charge is -2.23. The van der Waals surface area contributed by atoms with Gasteiger partial charge < -0.3 is 24.9 Å². The summed E-state index contributed by atoms with van der Waals surface area (Å²) in [4.78, 5) is 24.6. The molecule has 1 saturated heterocycles. The van der Waals surface area contributed by atoms with Crippen LogP contribution in [-0.4, -0.2) is 60.0 Å². The van der Waals surface area contributed by atoms with Crippen molar-refractivity contribution in [3.05, 3.63) is 22.7 Å². The second kappa shape index (κ2) is 8.27. The lowest BCUT2D eigenvalue weighted by atomic mass is 10.1. The molecule has 1 fully saturated rings. The number of nitrogens with zero attached hydrogens (tertiary/aromatic N) is 2. The van der Waals surface area contributed by atoms with Gasteiger partial charge in [0.1, 0.15) is 24.9 Å². The van der Waals surface area contributed by atoms with Crippen molar-refractivity contribution in [2.24, 2.45) is 0 Å². The Kier molecular flexibility index (Phi) is 6.95. The van der Waals surface area contributed by atoms with Gasteiger partial charge in [0.25, 0.3) is 0 Å². The highest BCUT2D eigenvalue weighted by Crippen LogP contribution is 2.49. The molecule has 1 aliphatic rings. The monoisotopic (exact) mass is 453 g/mol. The molecule has 1 aromatic heterocycles. The number of halogens is 3. The van der Waals surface area contributed by atoms with Crippen LogP contribution in [0.5, 0.6) is 5.88 Å². The number of alkyl halides is 3. The molecule has 1 aliphatic heterocycles. The summed E-state index contributed by atoms with van der Waals surface area (Å²) in [5, 5.41) is 30.7. The normalized spacial score (nSPS) is 28.8. The van der Waals surface area contributed by atoms with Crippen LogP contribution in [0.1, 0.15) is 6.23 Å². The number of aliphatic hydroxyl groups is 2. The van der Waals surface area contributed by atoms with Crippen LogP contribution in [-0.2, 0) is 18.3 Å². The summed E-state index contributed by atoms with van der Waals surface area (Å²) in [6, 6.07) is 0.945. The topological polar surface area (TPSA) is 163 Å². The summed E-state index contributed by atoms with van der Waals surface area (Å²) in [6.45, 7) is -1.53. The van der Waals surface area contributed by atoms with E-state index in [0.29, 0.717) is 0 Å². The second-order valence-electron chi connectivity index (χ2n) is 5.12. The van der Waals surface area contributed by atoms with Gasteiger partial charge in [-0.1, -0.05) is 34.8 Å². The smallest absolute Gasteiger partial charge is 0.472 e. The number of rotatable bonds is 6. The van der Waals surface area contributed by atoms with Crippen molar-refractivity contribution in [3.8, 4) is 5.88 Å². The summed E-state index contributed by atoms with van der Waals surface area (Å²) < 4.78 is 25.3. The van der Waals surface area contributed by atoms with Crippen molar-refractivity contribution >= 4 is 42.6 Å². The predicted molar refractivity (Wildman–Crippen MR) is 85.9 cm³/mol. The molecule has 1 aromatic rings. The van der Waals surface area contributed by atoms with Gasteiger partial charge in [-0.3, -0.25) is 13.6 Å². The minimum atomic E-state index is -4.82. The molecule has 26 heavy (non-hydrogen) atoms. The maximum Gasteiger partial charge on any atom is 0.472 e. The van der Waals surface area contributed by atoms with Gasteiger partial charge in [0.2, 0.25) is 3.79 Å². The average molecular weight is 455 g/mol. The molecule has 0 amide bonds. The van der Waals surface area contributed by atoms with E-state index < -0.39 is 60.9 Å². The first-order valence-corrected chi connectivity index (χ1v) is 9.49. The summed E-state index contributed by atoms with van der Waals surface area (Å²) in [7, 11) is -4.82. The van der Waals surface area contributed by atoms with Crippen LogP contribution in [0.2, 0.25) is 0 Å². The minimum Gasteiger partial charge on any atom is -0.858 e. The van der Waals surface area contributed by atoms with Crippen molar-refractivity contribution in [2.45, 2.75) is 28.3 Å². The molecule has 0 saturated carbocycles. The van der Waals surface area contributed by atoms with Crippen LogP contribution >= 0.6 is 42.6 Å². The number of phosphoric ester groups is 1. The Morgan fingerprint density at radius 3 is 2.65 bits per heavy atom. The Bertz CT molecular complexity index is 742. The maximum atomic E-state index is 11.9. The highest BCUT2D eigenvalue weighted by atomic mass is 35.6. The maximum absolute atomic E-state index is 11.9. The fraction of sp³-hybridized carbons (Fsp3) is 0.636. The first-order chi connectivity index (χ1) is 11.9. The standard InChI is InChI=1S/C11H14Cl3N2O9P/c12-11(13,14)4-23-26(21,22)25-8-5(3-17)24-9(7(8)19)16-2-1-6(18)15-10(16)20/h1-2,5,7-9,17,19H,3-4H2,(H,21,22)(H,15,18,20)/p-1/t5-,7-,8-,9-/m1/s1. The Morgan fingerprint density at radius 1 is 1.46 bits per heavy atom. The van der Waals surface area contributed by atoms with Crippen molar-refractivity contribution in [3.63, 3.8) is 0 Å². The van der Waals surface area contributed by atoms with Crippen molar-refractivity contribution < 1.29 is 38.6 Å². The van der Waals surface area contributed by atoms with Crippen LogP contribution in [0.3, 0.4) is 0 Å². The summed E-state index contributed by atoms with van der Waals surface area (Å²) >= 11 is 16.2. The van der Waals surface area contributed by atoms with E-state index in [4.69, 9.17) is 44.1 Å². The first kappa shape index (κ1) is 21.8. The second-order valence-corrected chi connectivity index (χ2v) is 9.04. The number of hydrogen-bond donors (Lipinski definition) is 3. The quantitative estimate of drug-likeness (QED) is 0.375. The molecule has 3 N–H and O–H groups in total. The van der Waals surface area contributed by atoms with E-state index in [9.17, 15) is 29.6 Å². The Morgan fingerprint density at radius 2 is 2.12 bits per heavy atom. The van der Waals surface area contributed by atoms with Gasteiger partial charge in [0.15, 0.2) is 6.23 Å². The van der Waals surface area contributed by atoms with Gasteiger partial charge in [-0.15, -0.1) is 0 Å². The van der Waals surface area contributed by atoms with Crippen LogP contribution < -0.4 is 10.8 Å². The van der Waals surface area contributed by atoms with Gasteiger partial charge in [0, 0.05) is 6.20 Å². The molecular formula is C11H13Cl3N2O9P-. The molecule has 2 heterocycles. The number of hydrogen-bond acceptors (Lipinski definition) is 9. The molecular weight excluding hydrogens is 441 g/mol. The van der Waals surface area contributed by atoms with Gasteiger partial charge in [-0.2, -0.15) is 0 Å². The van der Waals surface area contributed by atoms with Crippen molar-refractivity contribution in [1.29, 1.82) is 0 Å². The van der Waals surface area contributed by atoms with Gasteiger partial charge >= 0.3 is 13.5 Å². The van der Waals surface area contributed by atoms with E-state index in [0.717, 1.165) is 16.8 Å². The third-order valence-corrected chi connectivity index (χ3v) is 4.51. The van der Waals surface area contributed by atoms with Crippen LogP contribution in [0, 0.1) is 0 Å². The molecule has 0 aliphatic carbocycles. The molecule has 0 aromatic carbocycles. The number of aliphatic hydroxyl groups excluding tert-OH is 2. The van der Waals surface area contributed by atoms with Crippen LogP contribution in [0.15, 0.2) is 17.1 Å². The zero-order chi connectivity index (χ0) is 19.7. The molecule has 1 unspecified atom stereocenters. The summed E-state index contributed by atoms with van der Waals surface area (Å²) in [5.41, 5.74) is -1.03. The van der Waals surface area contributed by atoms with Crippen LogP contribution in [0.25, 0.3) is 0 Å². The molecule has 11 nitrogen and oxygen atoms in total. The van der Waals surface area contributed by atoms with E-state index in [1.807, 2.05) is 0 Å². The van der Waals surface area contributed by atoms with Gasteiger partial charge in [-0.25, -0.2) is 14.3 Å². The molecule has 0 bridgehead atoms. The summed E-state index contributed by atoms with van der Waals surface area (Å²) in [6.07, 6.45) is -4.99. The summed E-state index contributed by atoms with van der Waals surface area (Å²) in [5.74, 6) is -0.801. The average Bonchev–Trinajstić information content (AvgIpc) is 2.81. The van der Waals surface area contributed by atoms with E-state index in [1.54, 1.807) is 0 Å². The third kappa shape index (κ3) is 5.52. The number of aromatic nitrogens is 2. The van der Waals surface area contributed by atoms with E-state index in [-0.39, 0.29) is 0 Å². The van der Waals surface area contributed by atoms with Gasteiger partial charge in [0.05, 0.1) is 6.61 Å². The zero-order valence-corrected chi connectivity index (χ0v) is 15.8. The lowest BCUT2D eigenvalue weighted by molar-refractivity contribution is -0.275. The molecule has 15 heteroatoms. The highest BCUT2D eigenvalue weighted by Gasteiger charge is 2.49. The molecule has 2 rings (SSSR count). The third-order valence-electron chi connectivity index (χ3n) is 3.21. The Hall–Kier alpha value is -0.460. The molecule has 0 spiro atoms. The fourth-order valence-electron chi connectivity index (χ4n) is 2.16. The van der Waals surface area contributed by atoms with Crippen molar-refractivity contribution in [1.82, 2.24) is 9.55 Å². The molecule has 0 radical (unpaired) electrons. The molecule has 5 atom stereocenters. The Labute approximate surface area is 161 Å². The Balaban J connectivity index is 2.18. The number of ether oxygens (including phenoxy) is 1. The highest BCUT2D eigenvalue weighted by molar-refractivity contribution is 7.47. The minimum absolute atomic E-state index is 0.732. The first-order valence-electron chi connectivity index (χ1n) is 6.86. The number of phosphoric acid groups is 1. The van der Waals surface area contributed by atoms with E-state index in [1.165, 1.54) is 0 Å². The van der Waals surface area contributed by atoms with Gasteiger partial charge in [-0.05, 0) is 11.9 Å². The van der Waals surface area contributed by atoms with E-state index in [2.05, 4.69) is 9.51 Å². The SMILES string of the molecule is O=c1nc([O-])ccn1[C@@H]1O[C@H](CO)[C@@H](OP(=O)(O)OCC(Cl)(Cl)Cl)[C@H]1O. The van der Waals surface area contributed by atoms with Crippen molar-refractivity contribution in [2.75, 3.05) is 13.2 Å².